The van der Waals surface area contributed by atoms with Crippen LogP contribution in [0.3, 0.4) is 0 Å². The van der Waals surface area contributed by atoms with Gasteiger partial charge in [0.1, 0.15) is 0 Å². The van der Waals surface area contributed by atoms with Crippen LogP contribution >= 0.6 is 11.6 Å². The standard InChI is InChI=1S/C24H16ClF3N4/c25-18-8-9-22-19(12-18)21(31-23(32-22)17-4-2-10-30-14-17)5-1-3-15-6-7-16(13-29)20(11-15)24(26,27)28/h2,4,6-12,14H,1,3,5H2. The maximum absolute atomic E-state index is 13.2. The second-order valence-corrected chi connectivity index (χ2v) is 7.68. The van der Waals surface area contributed by atoms with E-state index in [0.717, 1.165) is 28.2 Å². The summed E-state index contributed by atoms with van der Waals surface area (Å²) < 4.78 is 39.7. The first-order chi connectivity index (χ1) is 15.3. The smallest absolute Gasteiger partial charge is 0.264 e. The Morgan fingerprint density at radius 1 is 1.00 bits per heavy atom. The average molecular weight is 453 g/mol. The molecule has 32 heavy (non-hydrogen) atoms. The summed E-state index contributed by atoms with van der Waals surface area (Å²) in [6.07, 6.45) is 0.263. The van der Waals surface area contributed by atoms with Gasteiger partial charge in [-0.25, -0.2) is 9.97 Å². The highest BCUT2D eigenvalue weighted by molar-refractivity contribution is 6.31. The van der Waals surface area contributed by atoms with Gasteiger partial charge in [0, 0.05) is 28.4 Å². The van der Waals surface area contributed by atoms with E-state index in [9.17, 15) is 13.2 Å². The molecule has 0 amide bonds. The molecule has 0 spiro atoms. The first kappa shape index (κ1) is 21.7. The highest BCUT2D eigenvalue weighted by Gasteiger charge is 2.33. The molecule has 0 radical (unpaired) electrons. The van der Waals surface area contributed by atoms with Gasteiger partial charge in [-0.2, -0.15) is 18.4 Å². The molecule has 160 valence electrons. The van der Waals surface area contributed by atoms with Crippen LogP contribution in [-0.4, -0.2) is 15.0 Å². The summed E-state index contributed by atoms with van der Waals surface area (Å²) in [5, 5.41) is 10.3. The molecule has 0 saturated heterocycles. The topological polar surface area (TPSA) is 62.5 Å². The summed E-state index contributed by atoms with van der Waals surface area (Å²) in [6.45, 7) is 0. The van der Waals surface area contributed by atoms with Gasteiger partial charge in [-0.15, -0.1) is 0 Å². The molecule has 0 aliphatic rings. The average Bonchev–Trinajstić information content (AvgIpc) is 2.79. The summed E-state index contributed by atoms with van der Waals surface area (Å²) in [6, 6.07) is 14.5. The minimum absolute atomic E-state index is 0.376. The Morgan fingerprint density at radius 3 is 2.56 bits per heavy atom. The Balaban J connectivity index is 1.62. The van der Waals surface area contributed by atoms with Gasteiger partial charge in [-0.3, -0.25) is 4.98 Å². The van der Waals surface area contributed by atoms with Crippen molar-refractivity contribution in [2.45, 2.75) is 25.4 Å². The van der Waals surface area contributed by atoms with Crippen LogP contribution in [0.4, 0.5) is 13.2 Å². The van der Waals surface area contributed by atoms with Crippen LogP contribution in [0, 0.1) is 11.3 Å². The third kappa shape index (κ3) is 4.71. The van der Waals surface area contributed by atoms with E-state index in [0.29, 0.717) is 35.7 Å². The monoisotopic (exact) mass is 452 g/mol. The number of halogens is 4. The van der Waals surface area contributed by atoms with Gasteiger partial charge in [-0.05, 0) is 67.3 Å². The molecule has 4 rings (SSSR count). The fraction of sp³-hybridized carbons (Fsp3) is 0.167. The van der Waals surface area contributed by atoms with Crippen molar-refractivity contribution in [1.29, 1.82) is 5.26 Å². The zero-order valence-electron chi connectivity index (χ0n) is 16.7. The number of hydrogen-bond donors (Lipinski definition) is 0. The fourth-order valence-corrected chi connectivity index (χ4v) is 3.69. The molecule has 0 unspecified atom stereocenters. The summed E-state index contributed by atoms with van der Waals surface area (Å²) >= 11 is 6.17. The molecule has 4 nitrogen and oxygen atoms in total. The molecular weight excluding hydrogens is 437 g/mol. The van der Waals surface area contributed by atoms with Gasteiger partial charge in [0.15, 0.2) is 5.82 Å². The van der Waals surface area contributed by atoms with Gasteiger partial charge in [0.05, 0.1) is 28.4 Å². The quantitative estimate of drug-likeness (QED) is 0.351. The third-order valence-electron chi connectivity index (χ3n) is 5.05. The number of nitriles is 1. The highest BCUT2D eigenvalue weighted by atomic mass is 35.5. The maximum Gasteiger partial charge on any atom is 0.417 e. The normalized spacial score (nSPS) is 11.5. The second-order valence-electron chi connectivity index (χ2n) is 7.24. The van der Waals surface area contributed by atoms with E-state index in [4.69, 9.17) is 21.8 Å². The van der Waals surface area contributed by atoms with Gasteiger partial charge in [-0.1, -0.05) is 17.7 Å². The van der Waals surface area contributed by atoms with Gasteiger partial charge in [0.2, 0.25) is 0 Å². The predicted molar refractivity (Wildman–Crippen MR) is 116 cm³/mol. The predicted octanol–water partition coefficient (Wildman–Crippen LogP) is 6.41. The van der Waals surface area contributed by atoms with E-state index >= 15 is 0 Å². The van der Waals surface area contributed by atoms with E-state index in [1.54, 1.807) is 42.7 Å². The number of rotatable bonds is 5. The number of alkyl halides is 3. The number of aromatic nitrogens is 3. The van der Waals surface area contributed by atoms with Crippen molar-refractivity contribution in [2.75, 3.05) is 0 Å². The van der Waals surface area contributed by atoms with Crippen LogP contribution in [0.25, 0.3) is 22.3 Å². The molecule has 2 aromatic carbocycles. The van der Waals surface area contributed by atoms with Gasteiger partial charge >= 0.3 is 6.18 Å². The maximum atomic E-state index is 13.2. The molecule has 0 saturated carbocycles. The molecule has 0 N–H and O–H groups in total. The van der Waals surface area contributed by atoms with E-state index in [1.165, 1.54) is 6.07 Å². The Kier molecular flexibility index (Phi) is 6.06. The van der Waals surface area contributed by atoms with Crippen LogP contribution in [-0.2, 0) is 19.0 Å². The molecule has 0 aliphatic heterocycles. The number of fused-ring (bicyclic) bond motifs is 1. The van der Waals surface area contributed by atoms with Gasteiger partial charge < -0.3 is 0 Å². The lowest BCUT2D eigenvalue weighted by Gasteiger charge is -2.12. The summed E-state index contributed by atoms with van der Waals surface area (Å²) in [4.78, 5) is 13.4. The number of aryl methyl sites for hydroxylation is 2. The minimum atomic E-state index is -4.57. The molecule has 8 heteroatoms. The van der Waals surface area contributed by atoms with Gasteiger partial charge in [0.25, 0.3) is 0 Å². The van der Waals surface area contributed by atoms with Crippen molar-refractivity contribution in [3.05, 3.63) is 88.3 Å². The van der Waals surface area contributed by atoms with Crippen molar-refractivity contribution >= 4 is 22.5 Å². The number of hydrogen-bond acceptors (Lipinski definition) is 4. The van der Waals surface area contributed by atoms with Crippen molar-refractivity contribution in [3.63, 3.8) is 0 Å². The van der Waals surface area contributed by atoms with E-state index in [-0.39, 0.29) is 5.56 Å². The van der Waals surface area contributed by atoms with Crippen molar-refractivity contribution in [3.8, 4) is 17.5 Å². The molecule has 2 aromatic heterocycles. The van der Waals surface area contributed by atoms with Crippen molar-refractivity contribution in [2.24, 2.45) is 0 Å². The Hall–Kier alpha value is -3.50. The molecule has 0 fully saturated rings. The zero-order chi connectivity index (χ0) is 22.7. The van der Waals surface area contributed by atoms with Crippen LogP contribution < -0.4 is 0 Å². The summed E-state index contributed by atoms with van der Waals surface area (Å²) in [5.74, 6) is 0.528. The van der Waals surface area contributed by atoms with Crippen LogP contribution in [0.1, 0.15) is 28.8 Å². The fourth-order valence-electron chi connectivity index (χ4n) is 3.52. The van der Waals surface area contributed by atoms with Crippen molar-refractivity contribution in [1.82, 2.24) is 15.0 Å². The van der Waals surface area contributed by atoms with Crippen LogP contribution in [0.2, 0.25) is 5.02 Å². The first-order valence-electron chi connectivity index (χ1n) is 9.82. The molecular formula is C24H16ClF3N4. The lowest BCUT2D eigenvalue weighted by Crippen LogP contribution is -2.08. The zero-order valence-corrected chi connectivity index (χ0v) is 17.5. The number of benzene rings is 2. The van der Waals surface area contributed by atoms with Crippen LogP contribution in [0.15, 0.2) is 60.9 Å². The molecule has 0 atom stereocenters. The van der Waals surface area contributed by atoms with Crippen LogP contribution in [0.5, 0.6) is 0 Å². The summed E-state index contributed by atoms with van der Waals surface area (Å²) in [5.41, 5.74) is 1.50. The largest absolute Gasteiger partial charge is 0.417 e. The minimum Gasteiger partial charge on any atom is -0.264 e. The summed E-state index contributed by atoms with van der Waals surface area (Å²) in [7, 11) is 0. The SMILES string of the molecule is N#Cc1ccc(CCCc2nc(-c3cccnc3)nc3ccc(Cl)cc23)cc1C(F)(F)F. The number of pyridine rings is 1. The Bertz CT molecular complexity index is 1310. The lowest BCUT2D eigenvalue weighted by molar-refractivity contribution is -0.137. The molecule has 0 aliphatic carbocycles. The molecule has 4 aromatic rings. The van der Waals surface area contributed by atoms with E-state index in [1.807, 2.05) is 12.1 Å². The lowest BCUT2D eigenvalue weighted by atomic mass is 9.99. The highest BCUT2D eigenvalue weighted by Crippen LogP contribution is 2.33. The van der Waals surface area contributed by atoms with E-state index < -0.39 is 11.7 Å². The molecule has 0 bridgehead atoms. The third-order valence-corrected chi connectivity index (χ3v) is 5.28. The first-order valence-corrected chi connectivity index (χ1v) is 10.2. The Labute approximate surface area is 187 Å². The number of nitrogens with zero attached hydrogens (tertiary/aromatic N) is 4. The van der Waals surface area contributed by atoms with E-state index in [2.05, 4.69) is 9.97 Å². The molecule has 2 heterocycles. The Morgan fingerprint density at radius 2 is 1.84 bits per heavy atom. The van der Waals surface area contributed by atoms with Crippen molar-refractivity contribution < 1.29 is 13.2 Å². The second kappa shape index (κ2) is 8.93.